The van der Waals surface area contributed by atoms with E-state index >= 15 is 0 Å². The Morgan fingerprint density at radius 2 is 1.84 bits per heavy atom. The molecule has 0 bridgehead atoms. The number of nitrogens with zero attached hydrogens (tertiary/aromatic N) is 4. The number of aryl methyl sites for hydroxylation is 3. The predicted octanol–water partition coefficient (Wildman–Crippen LogP) is 3.21. The standard InChI is InChI=1S/C17H20N6O2/c1-5-13(16-20-11(4)23-25-16)22-17(24)21-12-6-7-14-15(8-12)19-10(3)9(2)18-14/h6-8,13H,5H2,1-4H3,(H2,21,22,24)/t13-/m0/s1. The number of nitrogens with one attached hydrogen (secondary N) is 2. The van der Waals surface area contributed by atoms with Crippen molar-refractivity contribution >= 4 is 22.8 Å². The van der Waals surface area contributed by atoms with Gasteiger partial charge in [-0.3, -0.25) is 0 Å². The number of amides is 2. The van der Waals surface area contributed by atoms with Gasteiger partial charge in [-0.2, -0.15) is 4.98 Å². The molecule has 0 aliphatic rings. The molecule has 0 saturated heterocycles. The Morgan fingerprint density at radius 3 is 2.48 bits per heavy atom. The lowest BCUT2D eigenvalue weighted by molar-refractivity contribution is 0.243. The monoisotopic (exact) mass is 340 g/mol. The van der Waals surface area contributed by atoms with E-state index < -0.39 is 0 Å². The zero-order chi connectivity index (χ0) is 18.0. The third-order valence-electron chi connectivity index (χ3n) is 3.89. The van der Waals surface area contributed by atoms with Crippen LogP contribution in [0, 0.1) is 20.8 Å². The van der Waals surface area contributed by atoms with E-state index in [4.69, 9.17) is 4.52 Å². The molecular formula is C17H20N6O2. The van der Waals surface area contributed by atoms with Crippen LogP contribution in [0.3, 0.4) is 0 Å². The van der Waals surface area contributed by atoms with E-state index in [1.807, 2.05) is 26.8 Å². The Hall–Kier alpha value is -3.03. The lowest BCUT2D eigenvalue weighted by atomic mass is 10.2. The minimum atomic E-state index is -0.348. The molecule has 0 fully saturated rings. The highest BCUT2D eigenvalue weighted by Gasteiger charge is 2.18. The number of carbonyl (C=O) groups excluding carboxylic acids is 1. The highest BCUT2D eigenvalue weighted by atomic mass is 16.5. The summed E-state index contributed by atoms with van der Waals surface area (Å²) in [6.07, 6.45) is 0.636. The average molecular weight is 340 g/mol. The molecule has 2 amide bonds. The summed E-state index contributed by atoms with van der Waals surface area (Å²) in [5.41, 5.74) is 3.93. The van der Waals surface area contributed by atoms with Crippen LogP contribution in [-0.2, 0) is 0 Å². The first-order valence-electron chi connectivity index (χ1n) is 8.09. The molecule has 8 heteroatoms. The van der Waals surface area contributed by atoms with E-state index in [2.05, 4.69) is 30.7 Å². The topological polar surface area (TPSA) is 106 Å². The smallest absolute Gasteiger partial charge is 0.319 e. The number of fused-ring (bicyclic) bond motifs is 1. The van der Waals surface area contributed by atoms with E-state index in [1.54, 1.807) is 19.1 Å². The van der Waals surface area contributed by atoms with E-state index in [1.165, 1.54) is 0 Å². The number of hydrogen-bond acceptors (Lipinski definition) is 6. The van der Waals surface area contributed by atoms with Crippen molar-refractivity contribution in [1.82, 2.24) is 25.4 Å². The Morgan fingerprint density at radius 1 is 1.12 bits per heavy atom. The van der Waals surface area contributed by atoms with Crippen molar-refractivity contribution in [2.75, 3.05) is 5.32 Å². The molecule has 0 aliphatic carbocycles. The highest BCUT2D eigenvalue weighted by molar-refractivity contribution is 5.92. The highest BCUT2D eigenvalue weighted by Crippen LogP contribution is 2.18. The van der Waals surface area contributed by atoms with Gasteiger partial charge in [-0.05, 0) is 45.4 Å². The molecule has 1 atom stereocenters. The quantitative estimate of drug-likeness (QED) is 0.755. The summed E-state index contributed by atoms with van der Waals surface area (Å²) in [4.78, 5) is 25.4. The molecule has 0 spiro atoms. The number of urea groups is 1. The van der Waals surface area contributed by atoms with Gasteiger partial charge in [0.05, 0.1) is 22.4 Å². The molecule has 0 unspecified atom stereocenters. The molecule has 2 aromatic heterocycles. The third kappa shape index (κ3) is 3.73. The van der Waals surface area contributed by atoms with Crippen LogP contribution < -0.4 is 10.6 Å². The van der Waals surface area contributed by atoms with Crippen LogP contribution in [0.2, 0.25) is 0 Å². The minimum absolute atomic E-state index is 0.341. The second kappa shape index (κ2) is 6.84. The number of benzene rings is 1. The summed E-state index contributed by atoms with van der Waals surface area (Å²) in [5.74, 6) is 0.931. The summed E-state index contributed by atoms with van der Waals surface area (Å²) in [6.45, 7) is 7.50. The van der Waals surface area contributed by atoms with Gasteiger partial charge in [-0.15, -0.1) is 0 Å². The van der Waals surface area contributed by atoms with E-state index in [9.17, 15) is 4.79 Å². The van der Waals surface area contributed by atoms with Gasteiger partial charge in [0.2, 0.25) is 5.89 Å². The summed E-state index contributed by atoms with van der Waals surface area (Å²) < 4.78 is 5.13. The fourth-order valence-electron chi connectivity index (χ4n) is 2.43. The van der Waals surface area contributed by atoms with Crippen molar-refractivity contribution in [2.45, 2.75) is 40.2 Å². The van der Waals surface area contributed by atoms with Crippen LogP contribution in [0.15, 0.2) is 22.7 Å². The van der Waals surface area contributed by atoms with Gasteiger partial charge in [0.15, 0.2) is 5.82 Å². The third-order valence-corrected chi connectivity index (χ3v) is 3.89. The molecule has 3 aromatic rings. The molecule has 2 heterocycles. The van der Waals surface area contributed by atoms with Crippen molar-refractivity contribution in [3.05, 3.63) is 41.3 Å². The van der Waals surface area contributed by atoms with Crippen LogP contribution in [0.25, 0.3) is 11.0 Å². The Balaban J connectivity index is 1.73. The van der Waals surface area contributed by atoms with Gasteiger partial charge >= 0.3 is 6.03 Å². The maximum atomic E-state index is 12.3. The van der Waals surface area contributed by atoms with E-state index in [0.717, 1.165) is 22.4 Å². The van der Waals surface area contributed by atoms with Crippen molar-refractivity contribution < 1.29 is 9.32 Å². The fourth-order valence-corrected chi connectivity index (χ4v) is 2.43. The number of aromatic nitrogens is 4. The Kier molecular flexibility index (Phi) is 4.60. The zero-order valence-electron chi connectivity index (χ0n) is 14.6. The number of rotatable bonds is 4. The number of carbonyl (C=O) groups is 1. The van der Waals surface area contributed by atoms with Crippen LogP contribution in [0.5, 0.6) is 0 Å². The van der Waals surface area contributed by atoms with Gasteiger partial charge < -0.3 is 15.2 Å². The van der Waals surface area contributed by atoms with Crippen molar-refractivity contribution in [2.24, 2.45) is 0 Å². The van der Waals surface area contributed by atoms with Crippen LogP contribution in [0.4, 0.5) is 10.5 Å². The van der Waals surface area contributed by atoms with Crippen LogP contribution >= 0.6 is 0 Å². The SMILES string of the molecule is CC[C@H](NC(=O)Nc1ccc2nc(C)c(C)nc2c1)c1nc(C)no1. The lowest BCUT2D eigenvalue weighted by Crippen LogP contribution is -2.32. The van der Waals surface area contributed by atoms with Crippen molar-refractivity contribution in [1.29, 1.82) is 0 Å². The van der Waals surface area contributed by atoms with Gasteiger partial charge in [0.25, 0.3) is 0 Å². The summed E-state index contributed by atoms with van der Waals surface area (Å²) in [6, 6.07) is 4.74. The Labute approximate surface area is 145 Å². The molecule has 0 radical (unpaired) electrons. The Bertz CT molecular complexity index is 921. The van der Waals surface area contributed by atoms with E-state index in [-0.39, 0.29) is 12.1 Å². The van der Waals surface area contributed by atoms with Gasteiger partial charge in [-0.1, -0.05) is 12.1 Å². The molecule has 25 heavy (non-hydrogen) atoms. The molecule has 1 aromatic carbocycles. The molecule has 0 aliphatic heterocycles. The van der Waals surface area contributed by atoms with Crippen molar-refractivity contribution in [3.8, 4) is 0 Å². The number of anilines is 1. The van der Waals surface area contributed by atoms with Gasteiger partial charge in [0.1, 0.15) is 6.04 Å². The normalized spacial score (nSPS) is 12.2. The molecule has 2 N–H and O–H groups in total. The molecule has 8 nitrogen and oxygen atoms in total. The van der Waals surface area contributed by atoms with Crippen molar-refractivity contribution in [3.63, 3.8) is 0 Å². The first kappa shape index (κ1) is 16.8. The average Bonchev–Trinajstić information content (AvgIpc) is 3.00. The first-order chi connectivity index (χ1) is 12.0. The van der Waals surface area contributed by atoms with Crippen LogP contribution in [0.1, 0.15) is 42.5 Å². The second-order valence-electron chi connectivity index (χ2n) is 5.84. The fraction of sp³-hybridized carbons (Fsp3) is 0.353. The summed E-state index contributed by atoms with van der Waals surface area (Å²) >= 11 is 0. The minimum Gasteiger partial charge on any atom is -0.337 e. The maximum absolute atomic E-state index is 12.3. The van der Waals surface area contributed by atoms with Gasteiger partial charge in [0, 0.05) is 5.69 Å². The van der Waals surface area contributed by atoms with E-state index in [0.29, 0.717) is 23.8 Å². The predicted molar refractivity (Wildman–Crippen MR) is 93.2 cm³/mol. The molecule has 3 rings (SSSR count). The maximum Gasteiger partial charge on any atom is 0.319 e. The zero-order valence-corrected chi connectivity index (χ0v) is 14.6. The summed E-state index contributed by atoms with van der Waals surface area (Å²) in [5, 5.41) is 9.39. The second-order valence-corrected chi connectivity index (χ2v) is 5.84. The molecular weight excluding hydrogens is 320 g/mol. The summed E-state index contributed by atoms with van der Waals surface area (Å²) in [7, 11) is 0. The molecule has 130 valence electrons. The lowest BCUT2D eigenvalue weighted by Gasteiger charge is -2.14. The molecule has 0 saturated carbocycles. The van der Waals surface area contributed by atoms with Gasteiger partial charge in [-0.25, -0.2) is 14.8 Å². The van der Waals surface area contributed by atoms with Crippen LogP contribution in [-0.4, -0.2) is 26.1 Å². The first-order valence-corrected chi connectivity index (χ1v) is 8.09. The largest absolute Gasteiger partial charge is 0.337 e. The number of hydrogen-bond donors (Lipinski definition) is 2.